The third kappa shape index (κ3) is 3.89. The van der Waals surface area contributed by atoms with E-state index in [1.165, 1.54) is 0 Å². The van der Waals surface area contributed by atoms with E-state index >= 15 is 0 Å². The highest BCUT2D eigenvalue weighted by Gasteiger charge is 2.06. The number of aryl methyl sites for hydroxylation is 1. The zero-order chi connectivity index (χ0) is 13.5. The normalized spacial score (nSPS) is 10.2. The Labute approximate surface area is 115 Å². The van der Waals surface area contributed by atoms with Crippen molar-refractivity contribution in [2.45, 2.75) is 19.4 Å². The fourth-order valence-corrected chi connectivity index (χ4v) is 2.37. The van der Waals surface area contributed by atoms with Crippen LogP contribution in [-0.2, 0) is 6.54 Å². The van der Waals surface area contributed by atoms with Crippen LogP contribution in [-0.4, -0.2) is 38.4 Å². The first-order valence-corrected chi connectivity index (χ1v) is 6.91. The van der Waals surface area contributed by atoms with Crippen molar-refractivity contribution in [3.05, 3.63) is 23.2 Å². The maximum Gasteiger partial charge on any atom is 0.123 e. The molecule has 0 spiro atoms. The molecular weight excluding hydrogens is 262 g/mol. The summed E-state index contributed by atoms with van der Waals surface area (Å²) in [5.74, 6) is 5.48. The lowest BCUT2D eigenvalue weighted by molar-refractivity contribution is 0.280. The lowest BCUT2D eigenvalue weighted by Gasteiger charge is -1.96. The smallest absolute Gasteiger partial charge is 0.123 e. The Kier molecular flexibility index (Phi) is 5.10. The minimum Gasteiger partial charge on any atom is -0.396 e. The van der Waals surface area contributed by atoms with Gasteiger partial charge in [-0.15, -0.1) is 16.4 Å². The molecule has 0 aromatic carbocycles. The van der Waals surface area contributed by atoms with Gasteiger partial charge in [-0.05, 0) is 18.9 Å². The van der Waals surface area contributed by atoms with Gasteiger partial charge in [-0.25, -0.2) is 0 Å². The van der Waals surface area contributed by atoms with Crippen LogP contribution >= 0.6 is 11.3 Å². The highest BCUT2D eigenvalue weighted by Crippen LogP contribution is 2.24. The van der Waals surface area contributed by atoms with Crippen molar-refractivity contribution >= 4 is 11.3 Å². The van der Waals surface area contributed by atoms with Crippen LogP contribution in [0.25, 0.3) is 10.6 Å². The van der Waals surface area contributed by atoms with E-state index in [0.29, 0.717) is 0 Å². The molecule has 5 nitrogen and oxygen atoms in total. The van der Waals surface area contributed by atoms with Crippen LogP contribution in [0.5, 0.6) is 0 Å². The largest absolute Gasteiger partial charge is 0.396 e. The molecule has 2 heterocycles. The third-order valence-corrected chi connectivity index (χ3v) is 3.45. The summed E-state index contributed by atoms with van der Waals surface area (Å²) >= 11 is 1.55. The van der Waals surface area contributed by atoms with E-state index < -0.39 is 0 Å². The summed E-state index contributed by atoms with van der Waals surface area (Å²) in [7, 11) is 0. The summed E-state index contributed by atoms with van der Waals surface area (Å²) in [4.78, 5) is 1.01. The van der Waals surface area contributed by atoms with Gasteiger partial charge in [0, 0.05) is 24.1 Å². The van der Waals surface area contributed by atoms with E-state index in [1.807, 2.05) is 17.6 Å². The molecule has 100 valence electrons. The molecular formula is C13H15N3O2S. The van der Waals surface area contributed by atoms with Crippen molar-refractivity contribution in [1.29, 1.82) is 0 Å². The Hall–Kier alpha value is -1.68. The van der Waals surface area contributed by atoms with E-state index in [4.69, 9.17) is 10.2 Å². The van der Waals surface area contributed by atoms with Gasteiger partial charge in [-0.2, -0.15) is 0 Å². The van der Waals surface area contributed by atoms with Crippen molar-refractivity contribution in [1.82, 2.24) is 15.0 Å². The van der Waals surface area contributed by atoms with E-state index in [9.17, 15) is 0 Å². The summed E-state index contributed by atoms with van der Waals surface area (Å²) in [6, 6.07) is 1.94. The second-order valence-corrected chi connectivity index (χ2v) is 4.87. The van der Waals surface area contributed by atoms with Gasteiger partial charge in [0.15, 0.2) is 0 Å². The summed E-state index contributed by atoms with van der Waals surface area (Å²) in [6.07, 6.45) is 3.55. The number of thiophene rings is 1. The molecule has 0 amide bonds. The Morgan fingerprint density at radius 1 is 1.32 bits per heavy atom. The minimum atomic E-state index is -0.133. The highest BCUT2D eigenvalue weighted by atomic mass is 32.1. The maximum atomic E-state index is 8.73. The molecule has 2 rings (SSSR count). The van der Waals surface area contributed by atoms with Gasteiger partial charge in [0.25, 0.3) is 0 Å². The molecule has 0 aliphatic heterocycles. The fourth-order valence-electron chi connectivity index (χ4n) is 1.58. The Morgan fingerprint density at radius 2 is 2.21 bits per heavy atom. The zero-order valence-electron chi connectivity index (χ0n) is 10.4. The van der Waals surface area contributed by atoms with Gasteiger partial charge in [-0.1, -0.05) is 17.1 Å². The van der Waals surface area contributed by atoms with Crippen LogP contribution in [0.4, 0.5) is 0 Å². The summed E-state index contributed by atoms with van der Waals surface area (Å²) in [6.45, 7) is 0.835. The van der Waals surface area contributed by atoms with Crippen molar-refractivity contribution < 1.29 is 10.2 Å². The van der Waals surface area contributed by atoms with Gasteiger partial charge < -0.3 is 10.2 Å². The molecule has 6 heteroatoms. The second-order valence-electron chi connectivity index (χ2n) is 3.96. The second kappa shape index (κ2) is 7.04. The fraction of sp³-hybridized carbons (Fsp3) is 0.385. The van der Waals surface area contributed by atoms with Gasteiger partial charge in [0.2, 0.25) is 0 Å². The highest BCUT2D eigenvalue weighted by molar-refractivity contribution is 7.13. The molecule has 0 bridgehead atoms. The molecule has 0 aliphatic carbocycles. The van der Waals surface area contributed by atoms with Crippen LogP contribution < -0.4 is 0 Å². The molecule has 0 aliphatic rings. The summed E-state index contributed by atoms with van der Waals surface area (Å²) in [5, 5.41) is 27.5. The van der Waals surface area contributed by atoms with Crippen LogP contribution in [0.1, 0.15) is 18.4 Å². The standard InChI is InChI=1S/C13H15N3O2S/c17-6-2-1-5-16-9-12(14-15-16)13-8-11(10-19-13)4-3-7-18/h8-10,17-18H,1-2,5-7H2. The van der Waals surface area contributed by atoms with Gasteiger partial charge >= 0.3 is 0 Å². The first-order chi connectivity index (χ1) is 9.33. The maximum absolute atomic E-state index is 8.73. The zero-order valence-corrected chi connectivity index (χ0v) is 11.2. The third-order valence-electron chi connectivity index (χ3n) is 2.50. The molecule has 19 heavy (non-hydrogen) atoms. The SMILES string of the molecule is OCC#Cc1csc(-c2cn(CCCCO)nn2)c1. The monoisotopic (exact) mass is 277 g/mol. The number of rotatable bonds is 5. The molecule has 2 N–H and O–H groups in total. The van der Waals surface area contributed by atoms with Crippen molar-refractivity contribution in [3.63, 3.8) is 0 Å². The van der Waals surface area contributed by atoms with E-state index in [-0.39, 0.29) is 13.2 Å². The molecule has 0 radical (unpaired) electrons. The number of hydrogen-bond donors (Lipinski definition) is 2. The first kappa shape index (κ1) is 13.7. The van der Waals surface area contributed by atoms with Crippen molar-refractivity contribution in [2.75, 3.05) is 13.2 Å². The number of aliphatic hydroxyl groups excluding tert-OH is 2. The van der Waals surface area contributed by atoms with Gasteiger partial charge in [-0.3, -0.25) is 4.68 Å². The summed E-state index contributed by atoms with van der Waals surface area (Å²) < 4.78 is 1.78. The molecule has 0 unspecified atom stereocenters. The molecule has 2 aromatic heterocycles. The average Bonchev–Trinajstić information content (AvgIpc) is 3.05. The molecule has 0 saturated carbocycles. The Bertz CT molecular complexity index is 580. The molecule has 2 aromatic rings. The van der Waals surface area contributed by atoms with Crippen molar-refractivity contribution in [2.24, 2.45) is 0 Å². The Balaban J connectivity index is 2.03. The lowest BCUT2D eigenvalue weighted by atomic mass is 10.3. The van der Waals surface area contributed by atoms with Crippen LogP contribution in [0.15, 0.2) is 17.6 Å². The predicted molar refractivity (Wildman–Crippen MR) is 73.6 cm³/mol. The van der Waals surface area contributed by atoms with Crippen molar-refractivity contribution in [3.8, 4) is 22.4 Å². The lowest BCUT2D eigenvalue weighted by Crippen LogP contribution is -1.99. The molecule has 0 saturated heterocycles. The minimum absolute atomic E-state index is 0.133. The summed E-state index contributed by atoms with van der Waals surface area (Å²) in [5.41, 5.74) is 1.70. The van der Waals surface area contributed by atoms with E-state index in [2.05, 4.69) is 22.2 Å². The first-order valence-electron chi connectivity index (χ1n) is 6.03. The topological polar surface area (TPSA) is 71.2 Å². The number of aromatic nitrogens is 3. The number of unbranched alkanes of at least 4 members (excludes halogenated alkanes) is 1. The van der Waals surface area contributed by atoms with Crippen LogP contribution in [0.2, 0.25) is 0 Å². The van der Waals surface area contributed by atoms with E-state index in [0.717, 1.165) is 35.5 Å². The van der Waals surface area contributed by atoms with Gasteiger partial charge in [0.1, 0.15) is 12.3 Å². The quantitative estimate of drug-likeness (QED) is 0.635. The Morgan fingerprint density at radius 3 is 3.00 bits per heavy atom. The molecule has 0 fully saturated rings. The average molecular weight is 277 g/mol. The predicted octanol–water partition coefficient (Wildman–Crippen LogP) is 1.12. The van der Waals surface area contributed by atoms with Gasteiger partial charge in [0.05, 0.1) is 11.1 Å². The molecule has 0 atom stereocenters. The van der Waals surface area contributed by atoms with Crippen LogP contribution in [0.3, 0.4) is 0 Å². The number of nitrogens with zero attached hydrogens (tertiary/aromatic N) is 3. The van der Waals surface area contributed by atoms with Crippen LogP contribution in [0, 0.1) is 11.8 Å². The number of aliphatic hydroxyl groups is 2. The number of hydrogen-bond acceptors (Lipinski definition) is 5. The van der Waals surface area contributed by atoms with E-state index in [1.54, 1.807) is 16.0 Å².